The van der Waals surface area contributed by atoms with E-state index >= 15 is 0 Å². The highest BCUT2D eigenvalue weighted by Crippen LogP contribution is 2.24. The van der Waals surface area contributed by atoms with Gasteiger partial charge in [-0.05, 0) is 25.3 Å². The van der Waals surface area contributed by atoms with Crippen LogP contribution >= 0.6 is 11.8 Å². The minimum absolute atomic E-state index is 0.112. The van der Waals surface area contributed by atoms with Crippen molar-refractivity contribution in [1.29, 1.82) is 0 Å². The number of ether oxygens (including phenoxy) is 1. The third kappa shape index (κ3) is 4.79. The van der Waals surface area contributed by atoms with E-state index in [1.54, 1.807) is 18.7 Å². The summed E-state index contributed by atoms with van der Waals surface area (Å²) >= 11 is 1.56. The Balaban J connectivity index is 2.47. The molecule has 98 valence electrons. The number of benzene rings is 1. The van der Waals surface area contributed by atoms with Crippen LogP contribution in [0.1, 0.15) is 19.8 Å². The van der Waals surface area contributed by atoms with Crippen molar-refractivity contribution in [2.45, 2.75) is 24.7 Å². The van der Waals surface area contributed by atoms with E-state index in [0.29, 0.717) is 6.61 Å². The van der Waals surface area contributed by atoms with Crippen LogP contribution in [0.25, 0.3) is 0 Å². The number of anilines is 1. The molecule has 0 heterocycles. The van der Waals surface area contributed by atoms with Crippen LogP contribution in [0.4, 0.5) is 5.69 Å². The van der Waals surface area contributed by atoms with Gasteiger partial charge in [-0.25, -0.2) is 0 Å². The molecule has 1 aromatic rings. The number of carbonyl (C=O) groups is 2. The molecule has 0 saturated carbocycles. The molecule has 0 spiro atoms. The first-order chi connectivity index (χ1) is 8.67. The van der Waals surface area contributed by atoms with E-state index in [-0.39, 0.29) is 24.7 Å². The van der Waals surface area contributed by atoms with Crippen molar-refractivity contribution in [3.8, 4) is 0 Å². The summed E-state index contributed by atoms with van der Waals surface area (Å²) in [5.41, 5.74) is 0.777. The van der Waals surface area contributed by atoms with Crippen LogP contribution in [0.2, 0.25) is 0 Å². The normalized spacial score (nSPS) is 9.89. The van der Waals surface area contributed by atoms with Crippen molar-refractivity contribution in [1.82, 2.24) is 0 Å². The average molecular weight is 267 g/mol. The van der Waals surface area contributed by atoms with Gasteiger partial charge in [-0.3, -0.25) is 9.59 Å². The number of amides is 1. The quantitative estimate of drug-likeness (QED) is 0.636. The fourth-order valence-electron chi connectivity index (χ4n) is 1.41. The topological polar surface area (TPSA) is 55.4 Å². The van der Waals surface area contributed by atoms with Gasteiger partial charge in [-0.1, -0.05) is 12.1 Å². The summed E-state index contributed by atoms with van der Waals surface area (Å²) in [4.78, 5) is 23.8. The summed E-state index contributed by atoms with van der Waals surface area (Å²) in [6.45, 7) is 2.09. The van der Waals surface area contributed by atoms with E-state index in [2.05, 4.69) is 5.32 Å². The fourth-order valence-corrected chi connectivity index (χ4v) is 1.96. The smallest absolute Gasteiger partial charge is 0.306 e. The van der Waals surface area contributed by atoms with Crippen molar-refractivity contribution in [2.24, 2.45) is 0 Å². The fraction of sp³-hybridized carbons (Fsp3) is 0.385. The number of hydrogen-bond acceptors (Lipinski definition) is 4. The van der Waals surface area contributed by atoms with E-state index in [1.165, 1.54) is 0 Å². The molecule has 1 amide bonds. The van der Waals surface area contributed by atoms with E-state index in [9.17, 15) is 9.59 Å². The summed E-state index contributed by atoms with van der Waals surface area (Å²) < 4.78 is 4.76. The average Bonchev–Trinajstić information content (AvgIpc) is 2.37. The van der Waals surface area contributed by atoms with E-state index in [4.69, 9.17) is 4.74 Å². The Morgan fingerprint density at radius 3 is 2.67 bits per heavy atom. The van der Waals surface area contributed by atoms with Gasteiger partial charge in [0, 0.05) is 11.3 Å². The highest BCUT2D eigenvalue weighted by Gasteiger charge is 2.09. The highest BCUT2D eigenvalue weighted by atomic mass is 32.2. The number of thioether (sulfide) groups is 1. The molecule has 0 aliphatic rings. The maximum atomic E-state index is 11.7. The van der Waals surface area contributed by atoms with Crippen LogP contribution in [-0.4, -0.2) is 24.7 Å². The molecule has 0 aromatic heterocycles. The number of carbonyl (C=O) groups excluding carboxylic acids is 2. The van der Waals surface area contributed by atoms with Crippen LogP contribution < -0.4 is 5.32 Å². The SMILES string of the molecule is CCOC(=O)CCC(=O)Nc1ccccc1SC. The molecular formula is C13H17NO3S. The minimum atomic E-state index is -0.342. The monoisotopic (exact) mass is 267 g/mol. The Labute approximate surface area is 111 Å². The Hall–Kier alpha value is -1.49. The number of hydrogen-bond donors (Lipinski definition) is 1. The predicted octanol–water partition coefficient (Wildman–Crippen LogP) is 2.69. The molecule has 0 aliphatic carbocycles. The molecule has 4 nitrogen and oxygen atoms in total. The molecule has 0 radical (unpaired) electrons. The van der Waals surface area contributed by atoms with Gasteiger partial charge in [-0.15, -0.1) is 11.8 Å². The lowest BCUT2D eigenvalue weighted by atomic mass is 10.2. The predicted molar refractivity (Wildman–Crippen MR) is 72.7 cm³/mol. The van der Waals surface area contributed by atoms with Gasteiger partial charge in [0.05, 0.1) is 18.7 Å². The standard InChI is InChI=1S/C13H17NO3S/c1-3-17-13(16)9-8-12(15)14-10-6-4-5-7-11(10)18-2/h4-7H,3,8-9H2,1-2H3,(H,14,15). The molecule has 1 aromatic carbocycles. The molecule has 0 fully saturated rings. The zero-order valence-electron chi connectivity index (χ0n) is 10.6. The molecule has 0 aliphatic heterocycles. The van der Waals surface area contributed by atoms with Crippen LogP contribution in [0.3, 0.4) is 0 Å². The van der Waals surface area contributed by atoms with Crippen molar-refractivity contribution in [3.05, 3.63) is 24.3 Å². The molecule has 0 saturated heterocycles. The number of esters is 1. The molecule has 1 N–H and O–H groups in total. The lowest BCUT2D eigenvalue weighted by Crippen LogP contribution is -2.15. The van der Waals surface area contributed by atoms with Crippen molar-refractivity contribution >= 4 is 29.3 Å². The zero-order valence-corrected chi connectivity index (χ0v) is 11.4. The maximum absolute atomic E-state index is 11.7. The summed E-state index contributed by atoms with van der Waals surface area (Å²) in [6.07, 6.45) is 2.20. The third-order valence-electron chi connectivity index (χ3n) is 2.24. The lowest BCUT2D eigenvalue weighted by molar-refractivity contribution is -0.144. The van der Waals surface area contributed by atoms with Crippen molar-refractivity contribution < 1.29 is 14.3 Å². The van der Waals surface area contributed by atoms with Gasteiger partial charge in [0.2, 0.25) is 5.91 Å². The van der Waals surface area contributed by atoms with Crippen LogP contribution in [0.15, 0.2) is 29.2 Å². The van der Waals surface area contributed by atoms with Crippen LogP contribution in [-0.2, 0) is 14.3 Å². The van der Waals surface area contributed by atoms with Gasteiger partial charge in [0.1, 0.15) is 0 Å². The second-order valence-corrected chi connectivity index (χ2v) is 4.40. The Morgan fingerprint density at radius 2 is 2.00 bits per heavy atom. The molecule has 0 bridgehead atoms. The van der Waals surface area contributed by atoms with Crippen LogP contribution in [0, 0.1) is 0 Å². The minimum Gasteiger partial charge on any atom is -0.466 e. The maximum Gasteiger partial charge on any atom is 0.306 e. The van der Waals surface area contributed by atoms with E-state index in [0.717, 1.165) is 10.6 Å². The van der Waals surface area contributed by atoms with Crippen molar-refractivity contribution in [3.63, 3.8) is 0 Å². The van der Waals surface area contributed by atoms with E-state index < -0.39 is 0 Å². The third-order valence-corrected chi connectivity index (χ3v) is 3.04. The Morgan fingerprint density at radius 1 is 1.28 bits per heavy atom. The Bertz CT molecular complexity index is 420. The number of rotatable bonds is 6. The van der Waals surface area contributed by atoms with Crippen LogP contribution in [0.5, 0.6) is 0 Å². The first kappa shape index (κ1) is 14.6. The Kier molecular flexibility index (Phi) is 6.28. The number of nitrogens with one attached hydrogen (secondary N) is 1. The van der Waals surface area contributed by atoms with Gasteiger partial charge < -0.3 is 10.1 Å². The number of para-hydroxylation sites is 1. The molecule has 18 heavy (non-hydrogen) atoms. The van der Waals surface area contributed by atoms with Crippen molar-refractivity contribution in [2.75, 3.05) is 18.2 Å². The van der Waals surface area contributed by atoms with Gasteiger partial charge in [0.25, 0.3) is 0 Å². The second-order valence-electron chi connectivity index (χ2n) is 3.55. The molecule has 1 rings (SSSR count). The molecule has 5 heteroatoms. The summed E-state index contributed by atoms with van der Waals surface area (Å²) in [6, 6.07) is 7.56. The summed E-state index contributed by atoms with van der Waals surface area (Å²) in [7, 11) is 0. The first-order valence-electron chi connectivity index (χ1n) is 5.75. The van der Waals surface area contributed by atoms with E-state index in [1.807, 2.05) is 30.5 Å². The summed E-state index contributed by atoms with van der Waals surface area (Å²) in [5, 5.41) is 2.79. The molecular weight excluding hydrogens is 250 g/mol. The second kappa shape index (κ2) is 7.76. The molecule has 0 unspecified atom stereocenters. The first-order valence-corrected chi connectivity index (χ1v) is 6.98. The molecule has 0 atom stereocenters. The lowest BCUT2D eigenvalue weighted by Gasteiger charge is -2.08. The largest absolute Gasteiger partial charge is 0.466 e. The van der Waals surface area contributed by atoms with Gasteiger partial charge in [0.15, 0.2) is 0 Å². The van der Waals surface area contributed by atoms with Gasteiger partial charge >= 0.3 is 5.97 Å². The van der Waals surface area contributed by atoms with Gasteiger partial charge in [-0.2, -0.15) is 0 Å². The highest BCUT2D eigenvalue weighted by molar-refractivity contribution is 7.98. The zero-order chi connectivity index (χ0) is 13.4. The summed E-state index contributed by atoms with van der Waals surface area (Å²) in [5.74, 6) is -0.518.